The molecule has 0 radical (unpaired) electrons. The summed E-state index contributed by atoms with van der Waals surface area (Å²) in [7, 11) is 0. The summed E-state index contributed by atoms with van der Waals surface area (Å²) in [6, 6.07) is 8.54. The maximum absolute atomic E-state index is 12.8. The van der Waals surface area contributed by atoms with Gasteiger partial charge in [-0.1, -0.05) is 12.1 Å². The number of aromatic nitrogens is 1. The summed E-state index contributed by atoms with van der Waals surface area (Å²) in [5.41, 5.74) is 6.52. The molecule has 0 saturated heterocycles. The largest absolute Gasteiger partial charge is 0.487 e. The first-order valence-corrected chi connectivity index (χ1v) is 6.44. The maximum Gasteiger partial charge on any atom is 0.312 e. The van der Waals surface area contributed by atoms with E-state index in [1.807, 2.05) is 0 Å². The second-order valence-electron chi connectivity index (χ2n) is 4.53. The van der Waals surface area contributed by atoms with Crippen LogP contribution in [-0.2, 0) is 6.61 Å². The number of rotatable bonds is 5. The number of urea groups is 1. The van der Waals surface area contributed by atoms with E-state index in [9.17, 15) is 9.18 Å². The molecule has 1 unspecified atom stereocenters. The molecule has 1 aromatic carbocycles. The van der Waals surface area contributed by atoms with Crippen molar-refractivity contribution in [3.8, 4) is 5.75 Å². The Kier molecular flexibility index (Phi) is 4.71. The Bertz CT molecular complexity index is 617. The number of primary amides is 1. The number of ether oxygens (including phenoxy) is 1. The number of nitrogens with one attached hydrogen (secondary N) is 1. The molecule has 21 heavy (non-hydrogen) atoms. The average molecular weight is 289 g/mol. The zero-order chi connectivity index (χ0) is 15.2. The standard InChI is InChI=1S/C15H16FN3O2/c1-10(19-15(17)20)14-13(3-2-8-18-14)21-9-11-4-6-12(16)7-5-11/h2-8,10H,9H2,1H3,(H3,17,19,20). The lowest BCUT2D eigenvalue weighted by Gasteiger charge is -2.16. The van der Waals surface area contributed by atoms with Gasteiger partial charge < -0.3 is 15.8 Å². The highest BCUT2D eigenvalue weighted by atomic mass is 19.1. The highest BCUT2D eigenvalue weighted by Crippen LogP contribution is 2.23. The first kappa shape index (κ1) is 14.8. The summed E-state index contributed by atoms with van der Waals surface area (Å²) >= 11 is 0. The van der Waals surface area contributed by atoms with Crippen LogP contribution in [0.15, 0.2) is 42.6 Å². The summed E-state index contributed by atoms with van der Waals surface area (Å²) in [4.78, 5) is 15.1. The second kappa shape index (κ2) is 6.69. The number of pyridine rings is 1. The van der Waals surface area contributed by atoms with Crippen molar-refractivity contribution in [2.75, 3.05) is 0 Å². The van der Waals surface area contributed by atoms with Gasteiger partial charge in [-0.2, -0.15) is 0 Å². The molecule has 2 amide bonds. The molecule has 0 fully saturated rings. The minimum Gasteiger partial charge on any atom is -0.487 e. The molecule has 1 aromatic heterocycles. The van der Waals surface area contributed by atoms with Crippen molar-refractivity contribution in [1.29, 1.82) is 0 Å². The number of amides is 2. The van der Waals surface area contributed by atoms with E-state index in [1.165, 1.54) is 12.1 Å². The van der Waals surface area contributed by atoms with E-state index in [4.69, 9.17) is 10.5 Å². The van der Waals surface area contributed by atoms with Crippen LogP contribution < -0.4 is 15.8 Å². The Morgan fingerprint density at radius 3 is 2.76 bits per heavy atom. The minimum atomic E-state index is -0.627. The number of carbonyl (C=O) groups excluding carboxylic acids is 1. The van der Waals surface area contributed by atoms with E-state index < -0.39 is 6.03 Å². The Morgan fingerprint density at radius 2 is 2.10 bits per heavy atom. The van der Waals surface area contributed by atoms with Gasteiger partial charge in [0.05, 0.1) is 6.04 Å². The van der Waals surface area contributed by atoms with Gasteiger partial charge in [0.15, 0.2) is 0 Å². The first-order valence-electron chi connectivity index (χ1n) is 6.44. The minimum absolute atomic E-state index is 0.280. The van der Waals surface area contributed by atoms with E-state index in [2.05, 4.69) is 10.3 Å². The summed E-state index contributed by atoms with van der Waals surface area (Å²) in [6.45, 7) is 2.04. The van der Waals surface area contributed by atoms with Gasteiger partial charge in [0.25, 0.3) is 0 Å². The van der Waals surface area contributed by atoms with Crippen molar-refractivity contribution in [2.45, 2.75) is 19.6 Å². The van der Waals surface area contributed by atoms with E-state index in [1.54, 1.807) is 37.4 Å². The summed E-state index contributed by atoms with van der Waals surface area (Å²) in [6.07, 6.45) is 1.61. The van der Waals surface area contributed by atoms with Crippen LogP contribution in [0.2, 0.25) is 0 Å². The Hall–Kier alpha value is -2.63. The zero-order valence-electron chi connectivity index (χ0n) is 11.5. The molecule has 110 valence electrons. The van der Waals surface area contributed by atoms with E-state index >= 15 is 0 Å². The third-order valence-electron chi connectivity index (χ3n) is 2.88. The van der Waals surface area contributed by atoms with Gasteiger partial charge in [-0.15, -0.1) is 0 Å². The van der Waals surface area contributed by atoms with Crippen molar-refractivity contribution in [1.82, 2.24) is 10.3 Å². The topological polar surface area (TPSA) is 77.2 Å². The number of hydrogen-bond acceptors (Lipinski definition) is 3. The molecule has 0 bridgehead atoms. The highest BCUT2D eigenvalue weighted by molar-refractivity contribution is 5.72. The fourth-order valence-electron chi connectivity index (χ4n) is 1.87. The predicted octanol–water partition coefficient (Wildman–Crippen LogP) is 2.53. The SMILES string of the molecule is CC(NC(N)=O)c1ncccc1OCc1ccc(F)cc1. The quantitative estimate of drug-likeness (QED) is 0.888. The van der Waals surface area contributed by atoms with Gasteiger partial charge in [-0.3, -0.25) is 4.98 Å². The molecular weight excluding hydrogens is 273 g/mol. The monoisotopic (exact) mass is 289 g/mol. The maximum atomic E-state index is 12.8. The van der Waals surface area contributed by atoms with Crippen LogP contribution in [-0.4, -0.2) is 11.0 Å². The molecule has 5 nitrogen and oxygen atoms in total. The number of hydrogen-bond donors (Lipinski definition) is 2. The molecule has 0 spiro atoms. The molecule has 6 heteroatoms. The van der Waals surface area contributed by atoms with E-state index in [0.717, 1.165) is 5.56 Å². The Labute approximate surface area is 121 Å². The van der Waals surface area contributed by atoms with Crippen molar-refractivity contribution >= 4 is 6.03 Å². The first-order chi connectivity index (χ1) is 10.1. The van der Waals surface area contributed by atoms with Crippen molar-refractivity contribution in [3.63, 3.8) is 0 Å². The lowest BCUT2D eigenvalue weighted by atomic mass is 10.2. The number of halogens is 1. The Morgan fingerprint density at radius 1 is 1.38 bits per heavy atom. The van der Waals surface area contributed by atoms with Gasteiger partial charge in [0, 0.05) is 6.20 Å². The molecule has 3 N–H and O–H groups in total. The second-order valence-corrected chi connectivity index (χ2v) is 4.53. The third kappa shape index (κ3) is 4.17. The number of nitrogens with zero attached hydrogens (tertiary/aromatic N) is 1. The highest BCUT2D eigenvalue weighted by Gasteiger charge is 2.14. The fraction of sp³-hybridized carbons (Fsp3) is 0.200. The summed E-state index contributed by atoms with van der Waals surface area (Å²) < 4.78 is 18.5. The van der Waals surface area contributed by atoms with Crippen LogP contribution in [0.4, 0.5) is 9.18 Å². The molecule has 2 rings (SSSR count). The smallest absolute Gasteiger partial charge is 0.312 e. The Balaban J connectivity index is 2.09. The van der Waals surface area contributed by atoms with Crippen LogP contribution in [0.25, 0.3) is 0 Å². The normalized spacial score (nSPS) is 11.7. The van der Waals surface area contributed by atoms with E-state index in [-0.39, 0.29) is 18.5 Å². The van der Waals surface area contributed by atoms with Crippen LogP contribution in [0.1, 0.15) is 24.2 Å². The molecule has 0 aliphatic carbocycles. The van der Waals surface area contributed by atoms with Gasteiger partial charge in [0.2, 0.25) is 0 Å². The zero-order valence-corrected chi connectivity index (χ0v) is 11.5. The molecule has 2 aromatic rings. The molecule has 0 saturated carbocycles. The predicted molar refractivity (Wildman–Crippen MR) is 76.1 cm³/mol. The van der Waals surface area contributed by atoms with E-state index in [0.29, 0.717) is 11.4 Å². The summed E-state index contributed by atoms with van der Waals surface area (Å²) in [5, 5.41) is 2.55. The number of benzene rings is 1. The van der Waals surface area contributed by atoms with Gasteiger partial charge in [-0.25, -0.2) is 9.18 Å². The number of carbonyl (C=O) groups is 1. The van der Waals surface area contributed by atoms with Gasteiger partial charge in [-0.05, 0) is 36.8 Å². The van der Waals surface area contributed by atoms with Crippen LogP contribution >= 0.6 is 0 Å². The van der Waals surface area contributed by atoms with Crippen LogP contribution in [0, 0.1) is 5.82 Å². The lowest BCUT2D eigenvalue weighted by molar-refractivity contribution is 0.245. The molecular formula is C15H16FN3O2. The lowest BCUT2D eigenvalue weighted by Crippen LogP contribution is -2.32. The number of nitrogens with two attached hydrogens (primary N) is 1. The summed E-state index contributed by atoms with van der Waals surface area (Å²) in [5.74, 6) is 0.253. The van der Waals surface area contributed by atoms with Crippen LogP contribution in [0.5, 0.6) is 5.75 Å². The van der Waals surface area contributed by atoms with Gasteiger partial charge >= 0.3 is 6.03 Å². The van der Waals surface area contributed by atoms with Crippen LogP contribution in [0.3, 0.4) is 0 Å². The van der Waals surface area contributed by atoms with Crippen molar-refractivity contribution in [3.05, 3.63) is 59.7 Å². The molecule has 0 aliphatic rings. The fourth-order valence-corrected chi connectivity index (χ4v) is 1.87. The van der Waals surface area contributed by atoms with Gasteiger partial charge in [0.1, 0.15) is 23.9 Å². The van der Waals surface area contributed by atoms with Crippen molar-refractivity contribution < 1.29 is 13.9 Å². The third-order valence-corrected chi connectivity index (χ3v) is 2.88. The van der Waals surface area contributed by atoms with Crippen molar-refractivity contribution in [2.24, 2.45) is 5.73 Å². The molecule has 1 heterocycles. The molecule has 0 aliphatic heterocycles. The molecule has 1 atom stereocenters. The average Bonchev–Trinajstić information content (AvgIpc) is 2.46.